The quantitative estimate of drug-likeness (QED) is 0.488. The van der Waals surface area contributed by atoms with Crippen molar-refractivity contribution in [2.24, 2.45) is 5.92 Å². The van der Waals surface area contributed by atoms with Crippen molar-refractivity contribution in [3.8, 4) is 5.69 Å². The number of nitrogens with zero attached hydrogens (tertiary/aromatic N) is 2. The molecule has 1 heterocycles. The first-order valence-corrected chi connectivity index (χ1v) is 10.7. The van der Waals surface area contributed by atoms with Gasteiger partial charge in [-0.05, 0) is 62.1 Å². The van der Waals surface area contributed by atoms with Gasteiger partial charge in [-0.1, -0.05) is 30.5 Å². The first-order valence-electron chi connectivity index (χ1n) is 10.7. The van der Waals surface area contributed by atoms with Gasteiger partial charge < -0.3 is 10.6 Å². The number of benzene rings is 2. The number of rotatable bonds is 6. The number of hydrogen-bond acceptors (Lipinski definition) is 3. The molecule has 0 radical (unpaired) electrons. The van der Waals surface area contributed by atoms with Crippen LogP contribution in [0.4, 0.5) is 24.5 Å². The van der Waals surface area contributed by atoms with Gasteiger partial charge in [0.25, 0.3) is 5.91 Å². The highest BCUT2D eigenvalue weighted by atomic mass is 19.4. The number of carbonyl (C=O) groups is 1. The molecule has 0 spiro atoms. The molecule has 0 saturated heterocycles. The van der Waals surface area contributed by atoms with Crippen molar-refractivity contribution >= 4 is 17.3 Å². The third kappa shape index (κ3) is 4.95. The molecule has 0 bridgehead atoms. The predicted molar refractivity (Wildman–Crippen MR) is 118 cm³/mol. The van der Waals surface area contributed by atoms with E-state index in [4.69, 9.17) is 0 Å². The average molecular weight is 442 g/mol. The maximum atomic E-state index is 13.8. The van der Waals surface area contributed by atoms with Gasteiger partial charge in [-0.25, -0.2) is 4.68 Å². The van der Waals surface area contributed by atoms with Gasteiger partial charge in [0.2, 0.25) is 0 Å². The largest absolute Gasteiger partial charge is 0.434 e. The monoisotopic (exact) mass is 442 g/mol. The maximum absolute atomic E-state index is 13.8. The molecular formula is C24H25F3N4O. The van der Waals surface area contributed by atoms with Gasteiger partial charge in [-0.15, -0.1) is 0 Å². The number of halogens is 3. The van der Waals surface area contributed by atoms with Crippen LogP contribution < -0.4 is 10.6 Å². The summed E-state index contributed by atoms with van der Waals surface area (Å²) in [5.74, 6) is -0.178. The van der Waals surface area contributed by atoms with Gasteiger partial charge >= 0.3 is 6.18 Å². The summed E-state index contributed by atoms with van der Waals surface area (Å²) in [4.78, 5) is 12.7. The van der Waals surface area contributed by atoms with Crippen LogP contribution in [0.25, 0.3) is 5.69 Å². The zero-order chi connectivity index (χ0) is 22.7. The molecule has 1 aliphatic carbocycles. The first-order chi connectivity index (χ1) is 15.3. The zero-order valence-corrected chi connectivity index (χ0v) is 17.7. The molecule has 0 aliphatic heterocycles. The number of aromatic nitrogens is 2. The molecule has 0 atom stereocenters. The van der Waals surface area contributed by atoms with Crippen LogP contribution in [-0.4, -0.2) is 22.2 Å². The SMILES string of the molecule is Cc1ccc(-n2ncc(C(=O)Nc3ccc(NCC4CCCC4)cc3)c2C(F)(F)F)cc1. The average Bonchev–Trinajstić information content (AvgIpc) is 3.44. The minimum absolute atomic E-state index is 0.236. The molecule has 1 aromatic heterocycles. The Kier molecular flexibility index (Phi) is 6.21. The second-order valence-electron chi connectivity index (χ2n) is 8.21. The van der Waals surface area contributed by atoms with E-state index in [1.807, 2.05) is 19.1 Å². The summed E-state index contributed by atoms with van der Waals surface area (Å²) in [6.07, 6.45) is 1.23. The third-order valence-corrected chi connectivity index (χ3v) is 5.77. The number of carbonyl (C=O) groups excluding carboxylic acids is 1. The van der Waals surface area contributed by atoms with E-state index in [0.29, 0.717) is 11.6 Å². The van der Waals surface area contributed by atoms with Crippen LogP contribution in [0.5, 0.6) is 0 Å². The van der Waals surface area contributed by atoms with Crippen LogP contribution in [0.2, 0.25) is 0 Å². The van der Waals surface area contributed by atoms with Gasteiger partial charge in [0.05, 0.1) is 17.4 Å². The first kappa shape index (κ1) is 21.9. The number of aryl methyl sites for hydroxylation is 1. The molecule has 32 heavy (non-hydrogen) atoms. The summed E-state index contributed by atoms with van der Waals surface area (Å²) in [6.45, 7) is 2.74. The van der Waals surface area contributed by atoms with Gasteiger partial charge in [0.1, 0.15) is 0 Å². The van der Waals surface area contributed by atoms with Gasteiger partial charge in [-0.3, -0.25) is 4.79 Å². The fourth-order valence-corrected chi connectivity index (χ4v) is 4.02. The molecule has 1 fully saturated rings. The van der Waals surface area contributed by atoms with Crippen molar-refractivity contribution in [1.29, 1.82) is 0 Å². The van der Waals surface area contributed by atoms with Crippen LogP contribution in [0.3, 0.4) is 0 Å². The Hall–Kier alpha value is -3.29. The van der Waals surface area contributed by atoms with Gasteiger partial charge in [0.15, 0.2) is 5.69 Å². The van der Waals surface area contributed by atoms with Crippen molar-refractivity contribution in [1.82, 2.24) is 9.78 Å². The van der Waals surface area contributed by atoms with Crippen molar-refractivity contribution in [3.05, 3.63) is 71.5 Å². The highest BCUT2D eigenvalue weighted by molar-refractivity contribution is 6.05. The van der Waals surface area contributed by atoms with Gasteiger partial charge in [-0.2, -0.15) is 18.3 Å². The lowest BCUT2D eigenvalue weighted by atomic mass is 10.1. The summed E-state index contributed by atoms with van der Waals surface area (Å²) in [6, 6.07) is 13.4. The van der Waals surface area contributed by atoms with Crippen LogP contribution >= 0.6 is 0 Å². The van der Waals surface area contributed by atoms with Crippen molar-refractivity contribution < 1.29 is 18.0 Å². The van der Waals surface area contributed by atoms with E-state index < -0.39 is 23.3 Å². The molecular weight excluding hydrogens is 417 g/mol. The Balaban J connectivity index is 1.50. The lowest BCUT2D eigenvalue weighted by Gasteiger charge is -2.14. The van der Waals surface area contributed by atoms with Crippen LogP contribution in [-0.2, 0) is 6.18 Å². The maximum Gasteiger partial charge on any atom is 0.434 e. The van der Waals surface area contributed by atoms with E-state index in [0.717, 1.165) is 28.7 Å². The lowest BCUT2D eigenvalue weighted by Crippen LogP contribution is -2.20. The van der Waals surface area contributed by atoms with E-state index in [1.165, 1.54) is 37.8 Å². The van der Waals surface area contributed by atoms with E-state index in [-0.39, 0.29) is 5.69 Å². The molecule has 168 valence electrons. The Morgan fingerprint density at radius 2 is 1.66 bits per heavy atom. The summed E-state index contributed by atoms with van der Waals surface area (Å²) in [7, 11) is 0. The van der Waals surface area contributed by atoms with Crippen LogP contribution in [0.15, 0.2) is 54.7 Å². The fourth-order valence-electron chi connectivity index (χ4n) is 4.02. The van der Waals surface area contributed by atoms with Gasteiger partial charge in [0, 0.05) is 17.9 Å². The third-order valence-electron chi connectivity index (χ3n) is 5.77. The fraction of sp³-hybridized carbons (Fsp3) is 0.333. The molecule has 2 N–H and O–H groups in total. The highest BCUT2D eigenvalue weighted by Crippen LogP contribution is 2.34. The molecule has 4 rings (SSSR count). The Bertz CT molecular complexity index is 1070. The molecule has 0 unspecified atom stereocenters. The highest BCUT2D eigenvalue weighted by Gasteiger charge is 2.40. The normalized spacial score (nSPS) is 14.5. The minimum atomic E-state index is -4.75. The van der Waals surface area contributed by atoms with E-state index in [9.17, 15) is 18.0 Å². The lowest BCUT2D eigenvalue weighted by molar-refractivity contribution is -0.143. The van der Waals surface area contributed by atoms with E-state index >= 15 is 0 Å². The molecule has 5 nitrogen and oxygen atoms in total. The molecule has 8 heteroatoms. The molecule has 1 amide bonds. The number of amides is 1. The van der Waals surface area contributed by atoms with E-state index in [1.54, 1.807) is 24.3 Å². The zero-order valence-electron chi connectivity index (χ0n) is 17.7. The second kappa shape index (κ2) is 9.06. The van der Waals surface area contributed by atoms with Crippen molar-refractivity contribution in [2.45, 2.75) is 38.8 Å². The predicted octanol–water partition coefficient (Wildman–Crippen LogP) is 6.05. The summed E-state index contributed by atoms with van der Waals surface area (Å²) in [5.41, 5.74) is 0.846. The van der Waals surface area contributed by atoms with Crippen molar-refractivity contribution in [2.75, 3.05) is 17.2 Å². The standard InChI is InChI=1S/C24H25F3N4O/c1-16-6-12-20(13-7-16)31-22(24(25,26)27)21(15-29-31)23(32)30-19-10-8-18(9-11-19)28-14-17-4-2-3-5-17/h6-13,15,17,28H,2-5,14H2,1H3,(H,30,32). The van der Waals surface area contributed by atoms with Crippen LogP contribution in [0.1, 0.15) is 47.3 Å². The number of alkyl halides is 3. The Labute approximate surface area is 184 Å². The minimum Gasteiger partial charge on any atom is -0.385 e. The van der Waals surface area contributed by atoms with Crippen molar-refractivity contribution in [3.63, 3.8) is 0 Å². The number of hydrogen-bond donors (Lipinski definition) is 2. The number of nitrogens with one attached hydrogen (secondary N) is 2. The Morgan fingerprint density at radius 3 is 2.28 bits per heavy atom. The Morgan fingerprint density at radius 1 is 1.03 bits per heavy atom. The molecule has 3 aromatic rings. The number of anilines is 2. The summed E-state index contributed by atoms with van der Waals surface area (Å²) in [5, 5.41) is 9.77. The molecule has 1 saturated carbocycles. The van der Waals surface area contributed by atoms with Crippen LogP contribution in [0, 0.1) is 12.8 Å². The molecule has 2 aromatic carbocycles. The molecule has 1 aliphatic rings. The smallest absolute Gasteiger partial charge is 0.385 e. The summed E-state index contributed by atoms with van der Waals surface area (Å²) >= 11 is 0. The second-order valence-corrected chi connectivity index (χ2v) is 8.21. The summed E-state index contributed by atoms with van der Waals surface area (Å²) < 4.78 is 42.2. The van der Waals surface area contributed by atoms with E-state index in [2.05, 4.69) is 15.7 Å². The topological polar surface area (TPSA) is 59.0 Å².